The molecule has 0 radical (unpaired) electrons. The Morgan fingerprint density at radius 1 is 1.32 bits per heavy atom. The number of carbonyl (C=O) groups is 1. The Hall–Kier alpha value is -1.15. The number of rotatable bonds is 6. The summed E-state index contributed by atoms with van der Waals surface area (Å²) in [6.07, 6.45) is 3.70. The number of nitrogens with one attached hydrogen (secondary N) is 1. The minimum atomic E-state index is -0.101. The third-order valence-electron chi connectivity index (χ3n) is 4.56. The fourth-order valence-corrected chi connectivity index (χ4v) is 3.11. The summed E-state index contributed by atoms with van der Waals surface area (Å²) in [6, 6.07) is 10.4. The molecule has 1 aromatic rings. The highest BCUT2D eigenvalue weighted by atomic mass is 16.1. The molecule has 0 bridgehead atoms. The second-order valence-corrected chi connectivity index (χ2v) is 6.00. The van der Waals surface area contributed by atoms with E-state index in [4.69, 9.17) is 0 Å². The van der Waals surface area contributed by atoms with E-state index in [-0.39, 0.29) is 5.41 Å². The summed E-state index contributed by atoms with van der Waals surface area (Å²) < 4.78 is 0. The van der Waals surface area contributed by atoms with Gasteiger partial charge in [-0.15, -0.1) is 0 Å². The van der Waals surface area contributed by atoms with Gasteiger partial charge in [0.1, 0.15) is 5.78 Å². The first-order valence-corrected chi connectivity index (χ1v) is 7.43. The van der Waals surface area contributed by atoms with E-state index >= 15 is 0 Å². The van der Waals surface area contributed by atoms with Crippen molar-refractivity contribution >= 4 is 5.78 Å². The molecular weight excluding hydrogens is 234 g/mol. The lowest BCUT2D eigenvalue weighted by atomic mass is 9.71. The summed E-state index contributed by atoms with van der Waals surface area (Å²) in [6.45, 7) is 6.22. The van der Waals surface area contributed by atoms with Gasteiger partial charge >= 0.3 is 0 Å². The third-order valence-corrected chi connectivity index (χ3v) is 4.56. The van der Waals surface area contributed by atoms with Crippen LogP contribution in [0, 0.1) is 11.3 Å². The highest BCUT2D eigenvalue weighted by Gasteiger charge is 2.42. The van der Waals surface area contributed by atoms with Gasteiger partial charge in [-0.2, -0.15) is 0 Å². The first kappa shape index (κ1) is 14.3. The largest absolute Gasteiger partial charge is 0.316 e. The van der Waals surface area contributed by atoms with Gasteiger partial charge in [-0.1, -0.05) is 44.2 Å². The molecule has 0 amide bonds. The van der Waals surface area contributed by atoms with E-state index in [1.165, 1.54) is 5.56 Å². The van der Waals surface area contributed by atoms with Gasteiger partial charge in [0.25, 0.3) is 0 Å². The van der Waals surface area contributed by atoms with Crippen LogP contribution in [-0.4, -0.2) is 18.9 Å². The van der Waals surface area contributed by atoms with Crippen molar-refractivity contribution < 1.29 is 4.79 Å². The van der Waals surface area contributed by atoms with Crippen molar-refractivity contribution in [1.82, 2.24) is 5.32 Å². The molecule has 2 rings (SSSR count). The molecule has 1 N–H and O–H groups in total. The molecule has 1 atom stereocenters. The summed E-state index contributed by atoms with van der Waals surface area (Å²) in [5.41, 5.74) is 1.23. The Kier molecular flexibility index (Phi) is 4.76. The zero-order chi connectivity index (χ0) is 13.7. The Morgan fingerprint density at radius 3 is 2.63 bits per heavy atom. The minimum absolute atomic E-state index is 0.101. The van der Waals surface area contributed by atoms with Gasteiger partial charge in [0.05, 0.1) is 0 Å². The topological polar surface area (TPSA) is 29.1 Å². The van der Waals surface area contributed by atoms with Crippen molar-refractivity contribution in [3.63, 3.8) is 0 Å². The number of Topliss-reactive ketones (excluding diaryl/α,β-unsaturated/α-hetero) is 1. The van der Waals surface area contributed by atoms with E-state index in [0.717, 1.165) is 38.8 Å². The van der Waals surface area contributed by atoms with Crippen LogP contribution in [0.4, 0.5) is 0 Å². The molecule has 1 saturated heterocycles. The average molecular weight is 259 g/mol. The number of aryl methyl sites for hydroxylation is 1. The normalized spacial score (nSPS) is 22.9. The Bertz CT molecular complexity index is 405. The van der Waals surface area contributed by atoms with E-state index < -0.39 is 0 Å². The zero-order valence-electron chi connectivity index (χ0n) is 12.1. The molecule has 1 aromatic carbocycles. The van der Waals surface area contributed by atoms with Crippen LogP contribution < -0.4 is 5.32 Å². The molecular formula is C17H25NO. The van der Waals surface area contributed by atoms with Crippen LogP contribution >= 0.6 is 0 Å². The summed E-state index contributed by atoms with van der Waals surface area (Å²) in [4.78, 5) is 12.6. The van der Waals surface area contributed by atoms with Crippen LogP contribution in [0.3, 0.4) is 0 Å². The fourth-order valence-electron chi connectivity index (χ4n) is 3.11. The lowest BCUT2D eigenvalue weighted by Gasteiger charge is -2.31. The van der Waals surface area contributed by atoms with Crippen LogP contribution in [0.1, 0.15) is 38.7 Å². The maximum Gasteiger partial charge on any atom is 0.140 e. The van der Waals surface area contributed by atoms with Gasteiger partial charge in [0.2, 0.25) is 0 Å². The highest BCUT2D eigenvalue weighted by Crippen LogP contribution is 2.36. The van der Waals surface area contributed by atoms with E-state index in [9.17, 15) is 4.79 Å². The molecule has 1 unspecified atom stereocenters. The first-order chi connectivity index (χ1) is 9.15. The highest BCUT2D eigenvalue weighted by molar-refractivity contribution is 5.85. The zero-order valence-corrected chi connectivity index (χ0v) is 12.1. The van der Waals surface area contributed by atoms with E-state index in [1.54, 1.807) is 0 Å². The second-order valence-electron chi connectivity index (χ2n) is 6.00. The molecule has 0 spiro atoms. The molecule has 1 fully saturated rings. The minimum Gasteiger partial charge on any atom is -0.316 e. The molecule has 1 aliphatic heterocycles. The standard InChI is InChI=1S/C17H25NO/c1-14(2)17(11-12-18-13-17)16(19)10-6-9-15-7-4-3-5-8-15/h3-5,7-8,14,18H,6,9-13H2,1-2H3. The maximum absolute atomic E-state index is 12.6. The first-order valence-electron chi connectivity index (χ1n) is 7.43. The smallest absolute Gasteiger partial charge is 0.140 e. The second kappa shape index (κ2) is 6.33. The monoisotopic (exact) mass is 259 g/mol. The van der Waals surface area contributed by atoms with Crippen LogP contribution in [-0.2, 0) is 11.2 Å². The number of benzene rings is 1. The Balaban J connectivity index is 1.87. The van der Waals surface area contributed by atoms with Gasteiger partial charge in [0.15, 0.2) is 0 Å². The summed E-state index contributed by atoms with van der Waals surface area (Å²) in [7, 11) is 0. The molecule has 19 heavy (non-hydrogen) atoms. The molecule has 0 saturated carbocycles. The van der Waals surface area contributed by atoms with Crippen molar-refractivity contribution in [3.8, 4) is 0 Å². The van der Waals surface area contributed by atoms with Crippen LogP contribution in [0.5, 0.6) is 0 Å². The predicted octanol–water partition coefficient (Wildman–Crippen LogP) is 3.21. The number of ketones is 1. The van der Waals surface area contributed by atoms with E-state index in [1.807, 2.05) is 6.07 Å². The SMILES string of the molecule is CC(C)C1(C(=O)CCCc2ccccc2)CCNC1. The molecule has 1 aliphatic rings. The Labute approximate surface area is 116 Å². The van der Waals surface area contributed by atoms with Crippen molar-refractivity contribution in [3.05, 3.63) is 35.9 Å². The molecule has 0 aromatic heterocycles. The molecule has 1 heterocycles. The molecule has 104 valence electrons. The van der Waals surface area contributed by atoms with Gasteiger partial charge in [-0.3, -0.25) is 4.79 Å². The van der Waals surface area contributed by atoms with Gasteiger partial charge < -0.3 is 5.32 Å². The van der Waals surface area contributed by atoms with Gasteiger partial charge in [-0.05, 0) is 37.3 Å². The van der Waals surface area contributed by atoms with Crippen LogP contribution in [0.25, 0.3) is 0 Å². The number of hydrogen-bond acceptors (Lipinski definition) is 2. The maximum atomic E-state index is 12.6. The summed E-state index contributed by atoms with van der Waals surface area (Å²) in [5.74, 6) is 0.898. The average Bonchev–Trinajstić information content (AvgIpc) is 2.90. The van der Waals surface area contributed by atoms with Crippen LogP contribution in [0.2, 0.25) is 0 Å². The molecule has 2 nitrogen and oxygen atoms in total. The Morgan fingerprint density at radius 2 is 2.05 bits per heavy atom. The van der Waals surface area contributed by atoms with Gasteiger partial charge in [-0.25, -0.2) is 0 Å². The lowest BCUT2D eigenvalue weighted by molar-refractivity contribution is -0.130. The van der Waals surface area contributed by atoms with Crippen molar-refractivity contribution in [2.45, 2.75) is 39.5 Å². The molecule has 2 heteroatoms. The number of hydrogen-bond donors (Lipinski definition) is 1. The summed E-state index contributed by atoms with van der Waals surface area (Å²) in [5, 5.41) is 3.36. The van der Waals surface area contributed by atoms with E-state index in [2.05, 4.69) is 43.4 Å². The summed E-state index contributed by atoms with van der Waals surface area (Å²) >= 11 is 0. The van der Waals surface area contributed by atoms with Crippen molar-refractivity contribution in [1.29, 1.82) is 0 Å². The van der Waals surface area contributed by atoms with E-state index in [0.29, 0.717) is 11.7 Å². The lowest BCUT2D eigenvalue weighted by Crippen LogP contribution is -2.38. The third kappa shape index (κ3) is 3.24. The quantitative estimate of drug-likeness (QED) is 0.850. The molecule has 0 aliphatic carbocycles. The van der Waals surface area contributed by atoms with Crippen molar-refractivity contribution in [2.75, 3.05) is 13.1 Å². The van der Waals surface area contributed by atoms with Crippen molar-refractivity contribution in [2.24, 2.45) is 11.3 Å². The number of carbonyl (C=O) groups excluding carboxylic acids is 1. The fraction of sp³-hybridized carbons (Fsp3) is 0.588. The van der Waals surface area contributed by atoms with Gasteiger partial charge in [0, 0.05) is 18.4 Å². The van der Waals surface area contributed by atoms with Crippen LogP contribution in [0.15, 0.2) is 30.3 Å². The predicted molar refractivity (Wildman–Crippen MR) is 79.1 cm³/mol.